The molecule has 216 valence electrons. The fraction of sp³-hybridized carbons (Fsp3) is 0.300. The van der Waals surface area contributed by atoms with Gasteiger partial charge in [-0.05, 0) is 66.8 Å². The van der Waals surface area contributed by atoms with Gasteiger partial charge in [0.1, 0.15) is 24.0 Å². The molecule has 3 aromatic carbocycles. The van der Waals surface area contributed by atoms with E-state index >= 15 is 0 Å². The van der Waals surface area contributed by atoms with Gasteiger partial charge in [0.25, 0.3) is 0 Å². The molecule has 0 spiro atoms. The highest BCUT2D eigenvalue weighted by Gasteiger charge is 2.33. The number of nitrogens with one attached hydrogen (secondary N) is 1. The summed E-state index contributed by atoms with van der Waals surface area (Å²) >= 11 is 0. The number of benzene rings is 3. The summed E-state index contributed by atoms with van der Waals surface area (Å²) in [4.78, 5) is 37.5. The molecule has 11 heteroatoms. The quantitative estimate of drug-likeness (QED) is 0.316. The Morgan fingerprint density at radius 2 is 1.51 bits per heavy atom. The SMILES string of the molecule is CC(C)(C)OC(=O)c1ccc(OC(F)(F)F)cc1C[C@H](NC(=O)OCC1c2ccccc2-c2ccccc21)C(=O)O. The minimum atomic E-state index is -5.02. The molecule has 0 heterocycles. The van der Waals surface area contributed by atoms with E-state index in [0.29, 0.717) is 0 Å². The maximum atomic E-state index is 12.8. The Morgan fingerprint density at radius 3 is 2.05 bits per heavy atom. The van der Waals surface area contributed by atoms with Gasteiger partial charge in [0.15, 0.2) is 0 Å². The number of fused-ring (bicyclic) bond motifs is 3. The lowest BCUT2D eigenvalue weighted by Crippen LogP contribution is -2.43. The van der Waals surface area contributed by atoms with Crippen molar-refractivity contribution >= 4 is 18.0 Å². The molecule has 41 heavy (non-hydrogen) atoms. The molecular weight excluding hydrogens is 543 g/mol. The van der Waals surface area contributed by atoms with Crippen LogP contribution >= 0.6 is 0 Å². The Morgan fingerprint density at radius 1 is 0.927 bits per heavy atom. The van der Waals surface area contributed by atoms with Crippen LogP contribution in [0.3, 0.4) is 0 Å². The molecule has 0 saturated carbocycles. The van der Waals surface area contributed by atoms with Crippen molar-refractivity contribution in [1.29, 1.82) is 0 Å². The lowest BCUT2D eigenvalue weighted by atomic mass is 9.98. The maximum Gasteiger partial charge on any atom is 0.573 e. The Kier molecular flexibility index (Phi) is 8.27. The number of carboxylic acids is 1. The van der Waals surface area contributed by atoms with Gasteiger partial charge in [-0.2, -0.15) is 0 Å². The second-order valence-corrected chi connectivity index (χ2v) is 10.4. The zero-order valence-corrected chi connectivity index (χ0v) is 22.5. The van der Waals surface area contributed by atoms with E-state index in [9.17, 15) is 32.7 Å². The van der Waals surface area contributed by atoms with Gasteiger partial charge < -0.3 is 24.6 Å². The summed E-state index contributed by atoms with van der Waals surface area (Å²) in [6, 6.07) is 16.6. The maximum absolute atomic E-state index is 12.8. The molecule has 1 aliphatic carbocycles. The number of hydrogen-bond donors (Lipinski definition) is 2. The van der Waals surface area contributed by atoms with Crippen LogP contribution in [0.5, 0.6) is 5.75 Å². The second kappa shape index (κ2) is 11.5. The third-order valence-electron chi connectivity index (χ3n) is 6.29. The fourth-order valence-corrected chi connectivity index (χ4v) is 4.67. The highest BCUT2D eigenvalue weighted by atomic mass is 19.4. The van der Waals surface area contributed by atoms with Gasteiger partial charge in [0.05, 0.1) is 5.56 Å². The summed E-state index contributed by atoms with van der Waals surface area (Å²) in [5, 5.41) is 12.0. The number of carbonyl (C=O) groups excluding carboxylic acids is 2. The van der Waals surface area contributed by atoms with Crippen LogP contribution in [-0.4, -0.2) is 47.8 Å². The standard InChI is InChI=1S/C30H28F3NO7/c1-29(2,3)41-27(37)19-13-12-18(40-30(31,32)33)14-17(19)15-25(26(35)36)34-28(38)39-16-24-22-10-6-4-8-20(22)21-9-5-7-11-23(21)24/h4-14,24-25H,15-16H2,1-3H3,(H,34,38)(H,35,36)/t25-/m0/s1. The van der Waals surface area contributed by atoms with E-state index in [4.69, 9.17) is 9.47 Å². The molecule has 3 aromatic rings. The van der Waals surface area contributed by atoms with Crippen LogP contribution < -0.4 is 10.1 Å². The Hall–Kier alpha value is -4.54. The normalized spacial score (nSPS) is 13.5. The number of halogens is 3. The van der Waals surface area contributed by atoms with Crippen molar-refractivity contribution in [2.45, 2.75) is 51.1 Å². The highest BCUT2D eigenvalue weighted by Crippen LogP contribution is 2.44. The minimum Gasteiger partial charge on any atom is -0.480 e. The molecule has 0 fully saturated rings. The van der Waals surface area contributed by atoms with Crippen molar-refractivity contribution in [3.05, 3.63) is 89.0 Å². The molecule has 0 aliphatic heterocycles. The molecular formula is C30H28F3NO7. The Balaban J connectivity index is 1.52. The van der Waals surface area contributed by atoms with Gasteiger partial charge in [-0.25, -0.2) is 14.4 Å². The molecule has 0 unspecified atom stereocenters. The zero-order valence-electron chi connectivity index (χ0n) is 22.5. The van der Waals surface area contributed by atoms with E-state index in [1.54, 1.807) is 20.8 Å². The number of alkyl carbamates (subject to hydrolysis) is 1. The molecule has 1 atom stereocenters. The average Bonchev–Trinajstić information content (AvgIpc) is 3.19. The van der Waals surface area contributed by atoms with Crippen LogP contribution in [0.2, 0.25) is 0 Å². The predicted molar refractivity (Wildman–Crippen MR) is 142 cm³/mol. The second-order valence-electron chi connectivity index (χ2n) is 10.4. The van der Waals surface area contributed by atoms with E-state index in [0.717, 1.165) is 40.5 Å². The molecule has 1 aliphatic rings. The van der Waals surface area contributed by atoms with Crippen LogP contribution in [0, 0.1) is 0 Å². The number of hydrogen-bond acceptors (Lipinski definition) is 6. The van der Waals surface area contributed by atoms with E-state index in [1.165, 1.54) is 0 Å². The topological polar surface area (TPSA) is 111 Å². The smallest absolute Gasteiger partial charge is 0.480 e. The number of amides is 1. The third-order valence-corrected chi connectivity index (χ3v) is 6.29. The molecule has 1 amide bonds. The summed E-state index contributed by atoms with van der Waals surface area (Å²) in [5.74, 6) is -3.30. The van der Waals surface area contributed by atoms with Gasteiger partial charge in [-0.3, -0.25) is 0 Å². The first-order valence-electron chi connectivity index (χ1n) is 12.7. The largest absolute Gasteiger partial charge is 0.573 e. The van der Waals surface area contributed by atoms with Gasteiger partial charge in [0, 0.05) is 12.3 Å². The summed E-state index contributed by atoms with van der Waals surface area (Å²) < 4.78 is 53.2. The van der Waals surface area contributed by atoms with E-state index < -0.39 is 48.2 Å². The summed E-state index contributed by atoms with van der Waals surface area (Å²) in [6.07, 6.45) is -6.61. The van der Waals surface area contributed by atoms with Gasteiger partial charge in [0.2, 0.25) is 0 Å². The Bertz CT molecular complexity index is 1420. The van der Waals surface area contributed by atoms with Crippen molar-refractivity contribution in [3.63, 3.8) is 0 Å². The lowest BCUT2D eigenvalue weighted by molar-refractivity contribution is -0.274. The number of carbonyl (C=O) groups is 3. The van der Waals surface area contributed by atoms with Crippen LogP contribution in [0.1, 0.15) is 53.7 Å². The molecule has 0 saturated heterocycles. The van der Waals surface area contributed by atoms with Crippen molar-refractivity contribution in [3.8, 4) is 16.9 Å². The lowest BCUT2D eigenvalue weighted by Gasteiger charge is -2.22. The molecule has 0 aromatic heterocycles. The third kappa shape index (κ3) is 7.36. The van der Waals surface area contributed by atoms with E-state index in [1.807, 2.05) is 48.5 Å². The van der Waals surface area contributed by atoms with Gasteiger partial charge >= 0.3 is 24.4 Å². The zero-order chi connectivity index (χ0) is 29.9. The van der Waals surface area contributed by atoms with Crippen molar-refractivity contribution in [2.75, 3.05) is 6.61 Å². The monoisotopic (exact) mass is 571 g/mol. The predicted octanol–water partition coefficient (Wildman–Crippen LogP) is 6.07. The fourth-order valence-electron chi connectivity index (χ4n) is 4.67. The Labute approximate surface area is 234 Å². The number of alkyl halides is 3. The van der Waals surface area contributed by atoms with Crippen molar-refractivity contribution < 1.29 is 46.9 Å². The number of carboxylic acid groups (broad SMARTS) is 1. The highest BCUT2D eigenvalue weighted by molar-refractivity contribution is 5.92. The minimum absolute atomic E-state index is 0.0791. The van der Waals surface area contributed by atoms with Crippen LogP contribution in [0.15, 0.2) is 66.7 Å². The van der Waals surface area contributed by atoms with E-state index in [2.05, 4.69) is 10.1 Å². The molecule has 4 rings (SSSR count). The number of esters is 1. The number of aliphatic carboxylic acids is 1. The molecule has 8 nitrogen and oxygen atoms in total. The van der Waals surface area contributed by atoms with Gasteiger partial charge in [-0.1, -0.05) is 48.5 Å². The van der Waals surface area contributed by atoms with Crippen LogP contribution in [0.4, 0.5) is 18.0 Å². The first-order valence-corrected chi connectivity index (χ1v) is 12.7. The van der Waals surface area contributed by atoms with Crippen LogP contribution in [0.25, 0.3) is 11.1 Å². The van der Waals surface area contributed by atoms with E-state index in [-0.39, 0.29) is 23.7 Å². The van der Waals surface area contributed by atoms with Gasteiger partial charge in [-0.15, -0.1) is 13.2 Å². The first kappa shape index (κ1) is 29.4. The number of ether oxygens (including phenoxy) is 3. The summed E-state index contributed by atoms with van der Waals surface area (Å²) in [5.41, 5.74) is 2.70. The first-order chi connectivity index (χ1) is 19.2. The molecule has 0 radical (unpaired) electrons. The molecule has 0 bridgehead atoms. The average molecular weight is 572 g/mol. The summed E-state index contributed by atoms with van der Waals surface area (Å²) in [7, 11) is 0. The number of rotatable bonds is 8. The van der Waals surface area contributed by atoms with Crippen molar-refractivity contribution in [2.24, 2.45) is 0 Å². The van der Waals surface area contributed by atoms with Crippen LogP contribution in [-0.2, 0) is 20.7 Å². The molecule has 2 N–H and O–H groups in total. The summed E-state index contributed by atoms with van der Waals surface area (Å²) in [6.45, 7) is 4.73. The van der Waals surface area contributed by atoms with Crippen molar-refractivity contribution in [1.82, 2.24) is 5.32 Å².